The van der Waals surface area contributed by atoms with Crippen molar-refractivity contribution in [2.24, 2.45) is 28.4 Å². The zero-order valence-corrected chi connectivity index (χ0v) is 19.1. The highest BCUT2D eigenvalue weighted by molar-refractivity contribution is 9.10. The molecule has 1 aromatic rings. The molecule has 0 saturated heterocycles. The molecule has 2 aliphatic heterocycles. The first kappa shape index (κ1) is 19.6. The molecular formula is C23H29BrN2O3. The molecule has 156 valence electrons. The maximum absolute atomic E-state index is 13.0. The third-order valence-corrected chi connectivity index (χ3v) is 9.40. The number of ketones is 1. The average Bonchev–Trinajstić information content (AvgIpc) is 3.03. The summed E-state index contributed by atoms with van der Waals surface area (Å²) >= 11 is 3.61. The molecule has 6 heteroatoms. The number of rotatable bonds is 0. The van der Waals surface area contributed by atoms with Gasteiger partial charge >= 0.3 is 0 Å². The second kappa shape index (κ2) is 5.85. The molecule has 5 nitrogen and oxygen atoms in total. The van der Waals surface area contributed by atoms with Crippen molar-refractivity contribution in [2.75, 3.05) is 0 Å². The van der Waals surface area contributed by atoms with Crippen LogP contribution in [0.5, 0.6) is 5.75 Å². The molecular weight excluding hydrogens is 432 g/mol. The summed E-state index contributed by atoms with van der Waals surface area (Å²) in [5.74, 6) is 1.50. The quantitative estimate of drug-likeness (QED) is 0.617. The molecule has 0 unspecified atom stereocenters. The lowest BCUT2D eigenvalue weighted by atomic mass is 9.43. The van der Waals surface area contributed by atoms with Crippen molar-refractivity contribution < 1.29 is 14.3 Å². The number of fused-ring (bicyclic) bond motifs is 3. The van der Waals surface area contributed by atoms with E-state index in [1.807, 2.05) is 13.8 Å². The SMILES string of the molecule is C[C@H]1CC[C@H]2C(C)(C)C(=O)[C@H](N)C[C@]23Oc2c(cc(Br)c4c2CNC4=O)C[C@]13C. The molecule has 2 aliphatic carbocycles. The van der Waals surface area contributed by atoms with Gasteiger partial charge in [0.05, 0.1) is 11.6 Å². The lowest BCUT2D eigenvalue weighted by Crippen LogP contribution is -2.73. The Bertz CT molecular complexity index is 958. The highest BCUT2D eigenvalue weighted by Crippen LogP contribution is 2.65. The molecule has 1 spiro atoms. The topological polar surface area (TPSA) is 81.4 Å². The van der Waals surface area contributed by atoms with E-state index < -0.39 is 17.1 Å². The summed E-state index contributed by atoms with van der Waals surface area (Å²) in [5.41, 5.74) is 8.07. The molecule has 2 fully saturated rings. The fourth-order valence-electron chi connectivity index (χ4n) is 6.97. The minimum absolute atomic E-state index is 0.0616. The minimum Gasteiger partial charge on any atom is -0.486 e. The van der Waals surface area contributed by atoms with E-state index in [9.17, 15) is 9.59 Å². The number of hydrogen-bond donors (Lipinski definition) is 2. The van der Waals surface area contributed by atoms with Gasteiger partial charge in [0.2, 0.25) is 0 Å². The summed E-state index contributed by atoms with van der Waals surface area (Å²) in [6.07, 6.45) is 3.47. The summed E-state index contributed by atoms with van der Waals surface area (Å²) in [6.45, 7) is 9.22. The van der Waals surface area contributed by atoms with Crippen molar-refractivity contribution in [3.63, 3.8) is 0 Å². The number of carbonyl (C=O) groups excluding carboxylic acids is 2. The molecule has 0 bridgehead atoms. The molecule has 1 amide bonds. The predicted octanol–water partition coefficient (Wildman–Crippen LogP) is 3.74. The van der Waals surface area contributed by atoms with Crippen LogP contribution in [0.15, 0.2) is 10.5 Å². The average molecular weight is 461 g/mol. The van der Waals surface area contributed by atoms with Crippen molar-refractivity contribution in [3.05, 3.63) is 27.2 Å². The fraction of sp³-hybridized carbons (Fsp3) is 0.652. The molecule has 2 saturated carbocycles. The zero-order valence-electron chi connectivity index (χ0n) is 17.5. The Kier molecular flexibility index (Phi) is 3.94. The van der Waals surface area contributed by atoms with Crippen molar-refractivity contribution >= 4 is 27.6 Å². The molecule has 1 aromatic carbocycles. The third-order valence-electron chi connectivity index (χ3n) is 8.77. The number of benzene rings is 1. The number of ether oxygens (including phenoxy) is 1. The largest absolute Gasteiger partial charge is 0.486 e. The van der Waals surface area contributed by atoms with Crippen molar-refractivity contribution in [1.82, 2.24) is 5.32 Å². The smallest absolute Gasteiger partial charge is 0.253 e. The minimum atomic E-state index is -0.525. The fourth-order valence-corrected chi connectivity index (χ4v) is 7.67. The highest BCUT2D eigenvalue weighted by atomic mass is 79.9. The van der Waals surface area contributed by atoms with Crippen molar-refractivity contribution in [1.29, 1.82) is 0 Å². The Hall–Kier alpha value is -1.40. The van der Waals surface area contributed by atoms with Crippen LogP contribution >= 0.6 is 15.9 Å². The third kappa shape index (κ3) is 2.25. The van der Waals surface area contributed by atoms with E-state index in [0.29, 0.717) is 24.4 Å². The molecule has 5 atom stereocenters. The zero-order chi connectivity index (χ0) is 20.9. The molecule has 2 heterocycles. The van der Waals surface area contributed by atoms with E-state index in [1.54, 1.807) is 0 Å². The van der Waals surface area contributed by atoms with Crippen molar-refractivity contribution in [3.8, 4) is 5.75 Å². The Morgan fingerprint density at radius 3 is 2.69 bits per heavy atom. The molecule has 29 heavy (non-hydrogen) atoms. The van der Waals surface area contributed by atoms with Gasteiger partial charge in [-0.15, -0.1) is 0 Å². The van der Waals surface area contributed by atoms with Crippen LogP contribution in [0.4, 0.5) is 0 Å². The highest BCUT2D eigenvalue weighted by Gasteiger charge is 2.69. The van der Waals surface area contributed by atoms with Gasteiger partial charge in [0.15, 0.2) is 5.78 Å². The van der Waals surface area contributed by atoms with Crippen LogP contribution in [0.3, 0.4) is 0 Å². The summed E-state index contributed by atoms with van der Waals surface area (Å²) in [6, 6.07) is 1.54. The van der Waals surface area contributed by atoms with E-state index in [4.69, 9.17) is 10.5 Å². The van der Waals surface area contributed by atoms with Gasteiger partial charge in [0, 0.05) is 39.7 Å². The first-order valence-electron chi connectivity index (χ1n) is 10.6. The summed E-state index contributed by atoms with van der Waals surface area (Å²) in [4.78, 5) is 25.4. The number of nitrogens with two attached hydrogens (primary N) is 1. The van der Waals surface area contributed by atoms with E-state index >= 15 is 0 Å². The summed E-state index contributed by atoms with van der Waals surface area (Å²) in [7, 11) is 0. The molecule has 0 radical (unpaired) electrons. The Morgan fingerprint density at radius 2 is 1.97 bits per heavy atom. The first-order valence-corrected chi connectivity index (χ1v) is 11.4. The number of nitrogens with one attached hydrogen (secondary N) is 1. The van der Waals surface area contributed by atoms with Gasteiger partial charge in [-0.3, -0.25) is 9.59 Å². The van der Waals surface area contributed by atoms with Gasteiger partial charge in [0.1, 0.15) is 11.4 Å². The first-order chi connectivity index (χ1) is 13.5. The Labute approximate surface area is 180 Å². The summed E-state index contributed by atoms with van der Waals surface area (Å²) < 4.78 is 7.89. The van der Waals surface area contributed by atoms with Crippen LogP contribution in [0.25, 0.3) is 0 Å². The van der Waals surface area contributed by atoms with Crippen LogP contribution in [-0.4, -0.2) is 23.3 Å². The van der Waals surface area contributed by atoms with E-state index in [-0.39, 0.29) is 23.0 Å². The van der Waals surface area contributed by atoms with E-state index in [1.165, 1.54) is 0 Å². The van der Waals surface area contributed by atoms with Gasteiger partial charge in [-0.05, 0) is 52.7 Å². The number of halogens is 1. The number of Topliss-reactive ketones (excluding diaryl/α,β-unsaturated/α-hetero) is 1. The van der Waals surface area contributed by atoms with Crippen LogP contribution in [-0.2, 0) is 17.8 Å². The van der Waals surface area contributed by atoms with Gasteiger partial charge in [0.25, 0.3) is 5.91 Å². The Balaban J connectivity index is 1.75. The summed E-state index contributed by atoms with van der Waals surface area (Å²) in [5, 5.41) is 2.94. The maximum atomic E-state index is 13.0. The number of amides is 1. The van der Waals surface area contributed by atoms with Crippen molar-refractivity contribution in [2.45, 2.75) is 71.6 Å². The van der Waals surface area contributed by atoms with E-state index in [0.717, 1.165) is 40.6 Å². The normalized spacial score (nSPS) is 39.6. The second-order valence-electron chi connectivity index (χ2n) is 10.4. The number of carbonyl (C=O) groups is 2. The maximum Gasteiger partial charge on any atom is 0.253 e. The lowest BCUT2D eigenvalue weighted by molar-refractivity contribution is -0.211. The molecule has 3 N–H and O–H groups in total. The van der Waals surface area contributed by atoms with Crippen LogP contribution < -0.4 is 15.8 Å². The molecule has 4 aliphatic rings. The van der Waals surface area contributed by atoms with Crippen LogP contribution in [0.2, 0.25) is 0 Å². The second-order valence-corrected chi connectivity index (χ2v) is 11.3. The molecule has 5 rings (SSSR count). The monoisotopic (exact) mass is 460 g/mol. The van der Waals surface area contributed by atoms with Gasteiger partial charge in [-0.1, -0.05) is 27.7 Å². The van der Waals surface area contributed by atoms with Crippen LogP contribution in [0.1, 0.15) is 68.4 Å². The van der Waals surface area contributed by atoms with Crippen LogP contribution in [0, 0.1) is 22.7 Å². The molecule has 0 aromatic heterocycles. The van der Waals surface area contributed by atoms with Gasteiger partial charge in [-0.2, -0.15) is 0 Å². The lowest BCUT2D eigenvalue weighted by Gasteiger charge is -2.66. The Morgan fingerprint density at radius 1 is 1.24 bits per heavy atom. The van der Waals surface area contributed by atoms with Gasteiger partial charge in [-0.25, -0.2) is 0 Å². The predicted molar refractivity (Wildman–Crippen MR) is 114 cm³/mol. The standard InChI is InChI=1S/C23H29BrN2O3/c1-11-5-6-16-21(2,3)19(27)15(25)9-23(16)22(11,4)8-12-7-14(24)17-13(18(12)29-23)10-26-20(17)28/h7,11,15-16H,5-6,8-10,25H2,1-4H3,(H,26,28)/t11-,15+,16-,22+,23-/m0/s1. The number of hydrogen-bond acceptors (Lipinski definition) is 4. The van der Waals surface area contributed by atoms with E-state index in [2.05, 4.69) is 41.2 Å². The van der Waals surface area contributed by atoms with Gasteiger partial charge < -0.3 is 15.8 Å².